The summed E-state index contributed by atoms with van der Waals surface area (Å²) in [7, 11) is 0. The highest BCUT2D eigenvalue weighted by molar-refractivity contribution is 4.79. The van der Waals surface area contributed by atoms with E-state index < -0.39 is 0 Å². The van der Waals surface area contributed by atoms with Crippen molar-refractivity contribution in [1.29, 1.82) is 0 Å². The molecular formula is C15H31N3. The van der Waals surface area contributed by atoms with Gasteiger partial charge in [-0.05, 0) is 84.1 Å². The van der Waals surface area contributed by atoms with Crippen molar-refractivity contribution in [2.45, 2.75) is 51.5 Å². The van der Waals surface area contributed by atoms with Crippen LogP contribution in [0.3, 0.4) is 0 Å². The first kappa shape index (κ1) is 14.3. The zero-order chi connectivity index (χ0) is 12.8. The Morgan fingerprint density at radius 3 is 2.39 bits per heavy atom. The van der Waals surface area contributed by atoms with E-state index in [-0.39, 0.29) is 0 Å². The van der Waals surface area contributed by atoms with Gasteiger partial charge in [-0.25, -0.2) is 0 Å². The van der Waals surface area contributed by atoms with Gasteiger partial charge in [0.1, 0.15) is 0 Å². The van der Waals surface area contributed by atoms with Gasteiger partial charge in [0.2, 0.25) is 0 Å². The first-order chi connectivity index (χ1) is 8.79. The van der Waals surface area contributed by atoms with E-state index >= 15 is 0 Å². The molecule has 106 valence electrons. The molecule has 0 bridgehead atoms. The molecule has 3 nitrogen and oxygen atoms in total. The number of likely N-dealkylation sites (tertiary alicyclic amines) is 2. The van der Waals surface area contributed by atoms with Crippen molar-refractivity contribution < 1.29 is 0 Å². The largest absolute Gasteiger partial charge is 0.330 e. The number of hydrogen-bond acceptors (Lipinski definition) is 3. The van der Waals surface area contributed by atoms with E-state index in [0.717, 1.165) is 18.5 Å². The third kappa shape index (κ3) is 4.22. The van der Waals surface area contributed by atoms with Crippen molar-refractivity contribution in [3.63, 3.8) is 0 Å². The summed E-state index contributed by atoms with van der Waals surface area (Å²) in [5.41, 5.74) is 5.60. The standard InChI is InChI=1S/C15H31N3/c1-14(5-4-8-16)18-11-6-15(7-12-18)13-17-9-2-3-10-17/h14-15H,2-13,16H2,1H3. The lowest BCUT2D eigenvalue weighted by molar-refractivity contribution is 0.117. The van der Waals surface area contributed by atoms with Crippen molar-refractivity contribution in [1.82, 2.24) is 9.80 Å². The maximum absolute atomic E-state index is 5.60. The molecule has 0 saturated carbocycles. The van der Waals surface area contributed by atoms with Crippen LogP contribution in [0.15, 0.2) is 0 Å². The lowest BCUT2D eigenvalue weighted by Crippen LogP contribution is -2.42. The van der Waals surface area contributed by atoms with Crippen LogP contribution in [-0.2, 0) is 0 Å². The molecule has 0 aliphatic carbocycles. The summed E-state index contributed by atoms with van der Waals surface area (Å²) in [6.07, 6.45) is 8.11. The molecule has 2 aliphatic heterocycles. The Hall–Kier alpha value is -0.120. The molecule has 0 aromatic carbocycles. The number of hydrogen-bond donors (Lipinski definition) is 1. The molecule has 2 N–H and O–H groups in total. The van der Waals surface area contributed by atoms with E-state index in [0.29, 0.717) is 0 Å². The fourth-order valence-corrected chi connectivity index (χ4v) is 3.50. The second-order valence-electron chi connectivity index (χ2n) is 6.27. The first-order valence-electron chi connectivity index (χ1n) is 7.96. The van der Waals surface area contributed by atoms with Crippen molar-refractivity contribution in [3.8, 4) is 0 Å². The Balaban J connectivity index is 1.64. The normalized spacial score (nSPS) is 25.7. The number of nitrogens with two attached hydrogens (primary N) is 1. The molecule has 2 rings (SSSR count). The second kappa shape index (κ2) is 7.46. The molecule has 1 unspecified atom stereocenters. The summed E-state index contributed by atoms with van der Waals surface area (Å²) in [5, 5.41) is 0. The molecule has 0 radical (unpaired) electrons. The van der Waals surface area contributed by atoms with Crippen LogP contribution in [0.1, 0.15) is 45.4 Å². The van der Waals surface area contributed by atoms with Crippen LogP contribution in [0.25, 0.3) is 0 Å². The van der Waals surface area contributed by atoms with E-state index in [9.17, 15) is 0 Å². The molecule has 18 heavy (non-hydrogen) atoms. The quantitative estimate of drug-likeness (QED) is 0.785. The van der Waals surface area contributed by atoms with E-state index in [1.807, 2.05) is 0 Å². The zero-order valence-electron chi connectivity index (χ0n) is 12.1. The van der Waals surface area contributed by atoms with Crippen LogP contribution in [-0.4, -0.2) is 55.1 Å². The molecule has 0 aromatic rings. The molecule has 0 aromatic heterocycles. The summed E-state index contributed by atoms with van der Waals surface area (Å²) in [5.74, 6) is 0.959. The van der Waals surface area contributed by atoms with Gasteiger partial charge in [-0.2, -0.15) is 0 Å². The highest BCUT2D eigenvalue weighted by atomic mass is 15.2. The summed E-state index contributed by atoms with van der Waals surface area (Å²) >= 11 is 0. The average molecular weight is 253 g/mol. The van der Waals surface area contributed by atoms with Crippen LogP contribution in [0.2, 0.25) is 0 Å². The molecule has 2 heterocycles. The number of nitrogens with zero attached hydrogens (tertiary/aromatic N) is 2. The van der Waals surface area contributed by atoms with E-state index in [1.54, 1.807) is 0 Å². The summed E-state index contributed by atoms with van der Waals surface area (Å²) < 4.78 is 0. The Morgan fingerprint density at radius 1 is 1.11 bits per heavy atom. The lowest BCUT2D eigenvalue weighted by Gasteiger charge is -2.37. The monoisotopic (exact) mass is 253 g/mol. The molecular weight excluding hydrogens is 222 g/mol. The van der Waals surface area contributed by atoms with Gasteiger partial charge in [0.15, 0.2) is 0 Å². The van der Waals surface area contributed by atoms with Gasteiger partial charge in [-0.1, -0.05) is 0 Å². The molecule has 2 fully saturated rings. The molecule has 3 heteroatoms. The van der Waals surface area contributed by atoms with E-state index in [1.165, 1.54) is 71.2 Å². The third-order valence-corrected chi connectivity index (χ3v) is 4.81. The lowest BCUT2D eigenvalue weighted by atomic mass is 9.94. The molecule has 2 aliphatic rings. The summed E-state index contributed by atoms with van der Waals surface area (Å²) in [6, 6.07) is 0.737. The SMILES string of the molecule is CC(CCCN)N1CCC(CN2CCCC2)CC1. The molecule has 0 spiro atoms. The van der Waals surface area contributed by atoms with Crippen molar-refractivity contribution in [2.75, 3.05) is 39.3 Å². The second-order valence-corrected chi connectivity index (χ2v) is 6.27. The predicted molar refractivity (Wildman–Crippen MR) is 77.7 cm³/mol. The van der Waals surface area contributed by atoms with Crippen LogP contribution >= 0.6 is 0 Å². The van der Waals surface area contributed by atoms with E-state index in [4.69, 9.17) is 5.73 Å². The van der Waals surface area contributed by atoms with Crippen LogP contribution in [0.5, 0.6) is 0 Å². The number of rotatable bonds is 6. The molecule has 2 saturated heterocycles. The van der Waals surface area contributed by atoms with Gasteiger partial charge in [-0.15, -0.1) is 0 Å². The Labute approximate surface area is 113 Å². The Morgan fingerprint density at radius 2 is 1.78 bits per heavy atom. The highest BCUT2D eigenvalue weighted by Gasteiger charge is 2.24. The van der Waals surface area contributed by atoms with Gasteiger partial charge in [-0.3, -0.25) is 0 Å². The maximum atomic E-state index is 5.60. The summed E-state index contributed by atoms with van der Waals surface area (Å²) in [4.78, 5) is 5.36. The maximum Gasteiger partial charge on any atom is 0.00674 e. The highest BCUT2D eigenvalue weighted by Crippen LogP contribution is 2.22. The van der Waals surface area contributed by atoms with Gasteiger partial charge >= 0.3 is 0 Å². The zero-order valence-corrected chi connectivity index (χ0v) is 12.1. The van der Waals surface area contributed by atoms with Crippen LogP contribution < -0.4 is 5.73 Å². The minimum atomic E-state index is 0.737. The first-order valence-corrected chi connectivity index (χ1v) is 7.96. The van der Waals surface area contributed by atoms with Gasteiger partial charge in [0.25, 0.3) is 0 Å². The van der Waals surface area contributed by atoms with Gasteiger partial charge in [0, 0.05) is 12.6 Å². The fourth-order valence-electron chi connectivity index (χ4n) is 3.50. The Bertz CT molecular complexity index is 218. The van der Waals surface area contributed by atoms with E-state index in [2.05, 4.69) is 16.7 Å². The van der Waals surface area contributed by atoms with Gasteiger partial charge < -0.3 is 15.5 Å². The van der Waals surface area contributed by atoms with Crippen LogP contribution in [0.4, 0.5) is 0 Å². The van der Waals surface area contributed by atoms with Gasteiger partial charge in [0.05, 0.1) is 0 Å². The average Bonchev–Trinajstić information content (AvgIpc) is 2.89. The van der Waals surface area contributed by atoms with Crippen molar-refractivity contribution in [3.05, 3.63) is 0 Å². The predicted octanol–water partition coefficient (Wildman–Crippen LogP) is 1.92. The van der Waals surface area contributed by atoms with Crippen LogP contribution in [0, 0.1) is 5.92 Å². The third-order valence-electron chi connectivity index (χ3n) is 4.81. The Kier molecular flexibility index (Phi) is 5.93. The fraction of sp³-hybridized carbons (Fsp3) is 1.00. The smallest absolute Gasteiger partial charge is 0.00674 e. The van der Waals surface area contributed by atoms with Crippen molar-refractivity contribution >= 4 is 0 Å². The topological polar surface area (TPSA) is 32.5 Å². The summed E-state index contributed by atoms with van der Waals surface area (Å²) in [6.45, 7) is 9.91. The molecule has 1 atom stereocenters. The minimum absolute atomic E-state index is 0.737. The van der Waals surface area contributed by atoms with Crippen molar-refractivity contribution in [2.24, 2.45) is 11.7 Å². The minimum Gasteiger partial charge on any atom is -0.330 e. The number of piperidine rings is 1. The molecule has 0 amide bonds.